The number of carbonyl (C=O) groups is 2. The van der Waals surface area contributed by atoms with E-state index in [2.05, 4.69) is 22.1 Å². The number of rotatable bonds is 3. The second kappa shape index (κ2) is 8.30. The monoisotopic (exact) mass is 410 g/mol. The number of nitrogens with zero attached hydrogens (tertiary/aromatic N) is 3. The Bertz CT molecular complexity index is 939. The van der Waals surface area contributed by atoms with Crippen LogP contribution in [0.15, 0.2) is 30.6 Å². The number of anilines is 2. The summed E-state index contributed by atoms with van der Waals surface area (Å²) in [7, 11) is 0. The standard InChI is InChI=1S/C22H26N4O4/c1-13-11-29-21-19(20(23)24-12-25-21)22(28)26(13)17-7-3-15(4-8-17)16-5-9-18(10-6-16)30-14(2)27/h3-4,7-8,12-13,16,18H,5-6,9-11H2,1-2H3,(H2,23,24,25)/t13-,16?,18?/m0/s1. The SMILES string of the molecule is CC(=O)OC1CCC(c2ccc(N3C(=O)c4c(N)ncnc4OC[C@@H]3C)cc2)CC1. The first-order valence-corrected chi connectivity index (χ1v) is 10.3. The summed E-state index contributed by atoms with van der Waals surface area (Å²) in [5.41, 5.74) is 8.16. The molecule has 0 saturated heterocycles. The zero-order valence-corrected chi connectivity index (χ0v) is 17.2. The minimum atomic E-state index is -0.261. The van der Waals surface area contributed by atoms with Gasteiger partial charge in [0.2, 0.25) is 5.88 Å². The van der Waals surface area contributed by atoms with Gasteiger partial charge in [0.05, 0.1) is 6.04 Å². The van der Waals surface area contributed by atoms with Crippen molar-refractivity contribution in [3.63, 3.8) is 0 Å². The van der Waals surface area contributed by atoms with Gasteiger partial charge in [-0.25, -0.2) is 9.97 Å². The molecule has 2 aliphatic rings. The number of fused-ring (bicyclic) bond motifs is 1. The van der Waals surface area contributed by atoms with E-state index in [4.69, 9.17) is 15.2 Å². The normalized spacial score (nSPS) is 23.9. The average molecular weight is 410 g/mol. The molecule has 1 saturated carbocycles. The van der Waals surface area contributed by atoms with Crippen LogP contribution in [0, 0.1) is 0 Å². The maximum Gasteiger partial charge on any atom is 0.302 e. The van der Waals surface area contributed by atoms with Gasteiger partial charge in [-0.3, -0.25) is 9.59 Å². The van der Waals surface area contributed by atoms with E-state index >= 15 is 0 Å². The minimum absolute atomic E-state index is 0.0290. The van der Waals surface area contributed by atoms with Gasteiger partial charge in [0, 0.05) is 12.6 Å². The summed E-state index contributed by atoms with van der Waals surface area (Å²) < 4.78 is 11.0. The van der Waals surface area contributed by atoms with E-state index in [0.717, 1.165) is 31.4 Å². The van der Waals surface area contributed by atoms with Gasteiger partial charge in [0.15, 0.2) is 0 Å². The Morgan fingerprint density at radius 2 is 1.87 bits per heavy atom. The quantitative estimate of drug-likeness (QED) is 0.775. The van der Waals surface area contributed by atoms with Gasteiger partial charge >= 0.3 is 5.97 Å². The van der Waals surface area contributed by atoms with Crippen molar-refractivity contribution in [2.24, 2.45) is 0 Å². The third-order valence-electron chi connectivity index (χ3n) is 5.83. The summed E-state index contributed by atoms with van der Waals surface area (Å²) in [4.78, 5) is 34.1. The molecule has 0 spiro atoms. The van der Waals surface area contributed by atoms with Crippen LogP contribution >= 0.6 is 0 Å². The highest BCUT2D eigenvalue weighted by molar-refractivity contribution is 6.11. The Morgan fingerprint density at radius 3 is 2.53 bits per heavy atom. The molecule has 8 nitrogen and oxygen atoms in total. The molecule has 2 N–H and O–H groups in total. The number of nitrogens with two attached hydrogens (primary N) is 1. The highest BCUT2D eigenvalue weighted by Crippen LogP contribution is 2.36. The maximum atomic E-state index is 13.2. The Balaban J connectivity index is 1.52. The predicted molar refractivity (Wildman–Crippen MR) is 111 cm³/mol. The van der Waals surface area contributed by atoms with Crippen LogP contribution in [0.5, 0.6) is 5.88 Å². The van der Waals surface area contributed by atoms with Gasteiger partial charge in [-0.05, 0) is 56.2 Å². The topological polar surface area (TPSA) is 108 Å². The molecule has 0 unspecified atom stereocenters. The lowest BCUT2D eigenvalue weighted by Gasteiger charge is -2.29. The van der Waals surface area contributed by atoms with Crippen molar-refractivity contribution in [2.45, 2.75) is 57.6 Å². The van der Waals surface area contributed by atoms with Crippen LogP contribution < -0.4 is 15.4 Å². The summed E-state index contributed by atoms with van der Waals surface area (Å²) in [5.74, 6) is 0.294. The van der Waals surface area contributed by atoms with Crippen molar-refractivity contribution in [3.05, 3.63) is 41.7 Å². The van der Waals surface area contributed by atoms with E-state index in [1.807, 2.05) is 19.1 Å². The number of hydrogen-bond donors (Lipinski definition) is 1. The molecular weight excluding hydrogens is 384 g/mol. The van der Waals surface area contributed by atoms with E-state index in [0.29, 0.717) is 12.5 Å². The molecule has 1 aliphatic heterocycles. The van der Waals surface area contributed by atoms with E-state index in [9.17, 15) is 9.59 Å². The molecule has 1 aromatic carbocycles. The molecule has 1 aliphatic carbocycles. The summed E-state index contributed by atoms with van der Waals surface area (Å²) in [6, 6.07) is 7.89. The minimum Gasteiger partial charge on any atom is -0.475 e. The molecule has 30 heavy (non-hydrogen) atoms. The van der Waals surface area contributed by atoms with Crippen LogP contribution in [0.2, 0.25) is 0 Å². The fourth-order valence-corrected chi connectivity index (χ4v) is 4.31. The highest BCUT2D eigenvalue weighted by Gasteiger charge is 2.33. The Morgan fingerprint density at radius 1 is 1.17 bits per heavy atom. The maximum absolute atomic E-state index is 13.2. The first-order valence-electron chi connectivity index (χ1n) is 10.3. The molecular formula is C22H26N4O4. The number of esters is 1. The van der Waals surface area contributed by atoms with Crippen LogP contribution in [0.25, 0.3) is 0 Å². The molecule has 2 aromatic rings. The second-order valence-electron chi connectivity index (χ2n) is 7.95. The summed E-state index contributed by atoms with van der Waals surface area (Å²) in [6.07, 6.45) is 5.03. The van der Waals surface area contributed by atoms with Gasteiger partial charge in [0.25, 0.3) is 5.91 Å². The first kappa shape index (κ1) is 20.1. The Labute approximate surface area is 175 Å². The van der Waals surface area contributed by atoms with Crippen molar-refractivity contribution in [1.29, 1.82) is 0 Å². The van der Waals surface area contributed by atoms with Crippen LogP contribution in [0.1, 0.15) is 61.4 Å². The van der Waals surface area contributed by atoms with Gasteiger partial charge in [-0.15, -0.1) is 0 Å². The van der Waals surface area contributed by atoms with Crippen molar-refractivity contribution in [2.75, 3.05) is 17.2 Å². The number of benzene rings is 1. The number of aromatic nitrogens is 2. The van der Waals surface area contributed by atoms with Crippen molar-refractivity contribution in [3.8, 4) is 5.88 Å². The molecule has 1 atom stereocenters. The lowest BCUT2D eigenvalue weighted by Crippen LogP contribution is -2.40. The van der Waals surface area contributed by atoms with E-state index in [1.54, 1.807) is 4.90 Å². The number of carbonyl (C=O) groups excluding carboxylic acids is 2. The van der Waals surface area contributed by atoms with Crippen LogP contribution in [-0.2, 0) is 9.53 Å². The molecule has 158 valence electrons. The molecule has 8 heteroatoms. The van der Waals surface area contributed by atoms with E-state index in [-0.39, 0.29) is 41.3 Å². The summed E-state index contributed by atoms with van der Waals surface area (Å²) >= 11 is 0. The van der Waals surface area contributed by atoms with Crippen molar-refractivity contribution < 1.29 is 19.1 Å². The zero-order chi connectivity index (χ0) is 21.3. The van der Waals surface area contributed by atoms with Gasteiger partial charge in [-0.1, -0.05) is 12.1 Å². The summed E-state index contributed by atoms with van der Waals surface area (Å²) in [5, 5.41) is 0. The number of hydrogen-bond acceptors (Lipinski definition) is 7. The fourth-order valence-electron chi connectivity index (χ4n) is 4.31. The van der Waals surface area contributed by atoms with Crippen LogP contribution in [-0.4, -0.2) is 40.6 Å². The van der Waals surface area contributed by atoms with Crippen LogP contribution in [0.3, 0.4) is 0 Å². The van der Waals surface area contributed by atoms with Crippen molar-refractivity contribution in [1.82, 2.24) is 9.97 Å². The molecule has 0 bridgehead atoms. The first-order chi connectivity index (χ1) is 14.4. The largest absolute Gasteiger partial charge is 0.475 e. The second-order valence-corrected chi connectivity index (χ2v) is 7.95. The van der Waals surface area contributed by atoms with Crippen LogP contribution in [0.4, 0.5) is 11.5 Å². The smallest absolute Gasteiger partial charge is 0.302 e. The van der Waals surface area contributed by atoms with Gasteiger partial charge in [0.1, 0.15) is 30.4 Å². The Kier molecular flexibility index (Phi) is 5.57. The predicted octanol–water partition coefficient (Wildman–Crippen LogP) is 3.08. The van der Waals surface area contributed by atoms with Gasteiger partial charge < -0.3 is 20.1 Å². The molecule has 1 fully saturated rings. The Hall–Kier alpha value is -3.16. The highest BCUT2D eigenvalue weighted by atomic mass is 16.5. The summed E-state index contributed by atoms with van der Waals surface area (Å²) in [6.45, 7) is 3.70. The third kappa shape index (κ3) is 3.94. The van der Waals surface area contributed by atoms with Crippen molar-refractivity contribution >= 4 is 23.4 Å². The molecule has 1 aromatic heterocycles. The molecule has 2 heterocycles. The zero-order valence-electron chi connectivity index (χ0n) is 17.2. The fraction of sp³-hybridized carbons (Fsp3) is 0.455. The average Bonchev–Trinajstić information content (AvgIpc) is 2.85. The lowest BCUT2D eigenvalue weighted by atomic mass is 9.82. The lowest BCUT2D eigenvalue weighted by molar-refractivity contribution is -0.147. The molecule has 4 rings (SSSR count). The number of nitrogen functional groups attached to an aromatic ring is 1. The molecule has 1 amide bonds. The third-order valence-corrected chi connectivity index (χ3v) is 5.83. The number of amides is 1. The molecule has 0 radical (unpaired) electrons. The van der Waals surface area contributed by atoms with Gasteiger partial charge in [-0.2, -0.15) is 0 Å². The van der Waals surface area contributed by atoms with E-state index in [1.165, 1.54) is 18.8 Å². The van der Waals surface area contributed by atoms with E-state index < -0.39 is 0 Å². The number of ether oxygens (including phenoxy) is 2.